The van der Waals surface area contributed by atoms with Crippen molar-refractivity contribution in [2.24, 2.45) is 0 Å². The first-order chi connectivity index (χ1) is 7.22. The van der Waals surface area contributed by atoms with E-state index < -0.39 is 11.8 Å². The van der Waals surface area contributed by atoms with Crippen molar-refractivity contribution in [2.45, 2.75) is 0 Å². The molecule has 72 valence electrons. The fourth-order valence-electron chi connectivity index (χ4n) is 1.46. The third-order valence-corrected chi connectivity index (χ3v) is 2.13. The number of carbonyl (C=O) groups excluding carboxylic acids is 2. The molecule has 3 heteroatoms. The van der Waals surface area contributed by atoms with Crippen LogP contribution in [-0.2, 0) is 9.59 Å². The third-order valence-electron chi connectivity index (χ3n) is 2.13. The first-order valence-electron chi connectivity index (χ1n) is 4.35. The summed E-state index contributed by atoms with van der Waals surface area (Å²) in [7, 11) is 0. The highest BCUT2D eigenvalue weighted by Gasteiger charge is 2.23. The van der Waals surface area contributed by atoms with E-state index in [1.54, 1.807) is 24.3 Å². The molecular formula is C12H7NO2. The summed E-state index contributed by atoms with van der Waals surface area (Å²) in [5.41, 5.74) is 1.55. The van der Waals surface area contributed by atoms with Crippen LogP contribution in [0.4, 0.5) is 0 Å². The summed E-state index contributed by atoms with van der Waals surface area (Å²) in [5.74, 6) is 1.67. The van der Waals surface area contributed by atoms with Crippen LogP contribution < -0.4 is 5.32 Å². The predicted molar refractivity (Wildman–Crippen MR) is 55.5 cm³/mol. The van der Waals surface area contributed by atoms with Gasteiger partial charge < -0.3 is 0 Å². The van der Waals surface area contributed by atoms with Crippen molar-refractivity contribution in [3.8, 4) is 12.3 Å². The molecule has 1 aliphatic heterocycles. The molecule has 0 saturated heterocycles. The molecule has 0 aromatic heterocycles. The molecule has 1 aromatic rings. The van der Waals surface area contributed by atoms with E-state index in [0.29, 0.717) is 16.7 Å². The molecule has 2 rings (SSSR count). The standard InChI is InChI=1S/C12H7NO2/c1-2-8-5-3-4-6-9(8)10-7-11(14)13-12(10)15/h1,3-7H,(H,13,14,15). The Balaban J connectivity index is 2.56. The lowest BCUT2D eigenvalue weighted by molar-refractivity contribution is -0.123. The minimum atomic E-state index is -0.401. The van der Waals surface area contributed by atoms with Gasteiger partial charge in [-0.1, -0.05) is 24.1 Å². The Morgan fingerprint density at radius 1 is 1.20 bits per heavy atom. The molecule has 1 aliphatic rings. The molecule has 0 fully saturated rings. The van der Waals surface area contributed by atoms with Crippen molar-refractivity contribution in [3.05, 3.63) is 41.5 Å². The fourth-order valence-corrected chi connectivity index (χ4v) is 1.46. The summed E-state index contributed by atoms with van der Waals surface area (Å²) < 4.78 is 0. The highest BCUT2D eigenvalue weighted by atomic mass is 16.2. The molecule has 1 aromatic carbocycles. The second-order valence-corrected chi connectivity index (χ2v) is 3.07. The topological polar surface area (TPSA) is 46.2 Å². The minimum absolute atomic E-state index is 0.327. The van der Waals surface area contributed by atoms with Crippen LogP contribution in [-0.4, -0.2) is 11.8 Å². The first kappa shape index (κ1) is 9.22. The lowest BCUT2D eigenvalue weighted by atomic mass is 10.0. The molecule has 1 N–H and O–H groups in total. The number of rotatable bonds is 1. The van der Waals surface area contributed by atoms with Gasteiger partial charge in [-0.3, -0.25) is 14.9 Å². The number of benzene rings is 1. The molecule has 3 nitrogen and oxygen atoms in total. The average Bonchev–Trinajstić information content (AvgIpc) is 2.57. The van der Waals surface area contributed by atoms with E-state index in [2.05, 4.69) is 11.2 Å². The van der Waals surface area contributed by atoms with Crippen LogP contribution in [0.1, 0.15) is 11.1 Å². The molecular weight excluding hydrogens is 190 g/mol. The third kappa shape index (κ3) is 1.53. The van der Waals surface area contributed by atoms with Crippen LogP contribution in [0, 0.1) is 12.3 Å². The smallest absolute Gasteiger partial charge is 0.258 e. The van der Waals surface area contributed by atoms with Gasteiger partial charge in [-0.15, -0.1) is 6.42 Å². The monoisotopic (exact) mass is 197 g/mol. The van der Waals surface area contributed by atoms with Crippen LogP contribution >= 0.6 is 0 Å². The summed E-state index contributed by atoms with van der Waals surface area (Å²) in [6, 6.07) is 7.01. The summed E-state index contributed by atoms with van der Waals surface area (Å²) in [5, 5.41) is 2.18. The van der Waals surface area contributed by atoms with Gasteiger partial charge >= 0.3 is 0 Å². The van der Waals surface area contributed by atoms with Crippen LogP contribution in [0.25, 0.3) is 5.57 Å². The Bertz CT molecular complexity index is 521. The Hall–Kier alpha value is -2.34. The number of imide groups is 1. The lowest BCUT2D eigenvalue weighted by Crippen LogP contribution is -2.21. The molecule has 15 heavy (non-hydrogen) atoms. The molecule has 0 atom stereocenters. The zero-order valence-electron chi connectivity index (χ0n) is 7.78. The van der Waals surface area contributed by atoms with Crippen molar-refractivity contribution in [2.75, 3.05) is 0 Å². The number of hydrogen-bond acceptors (Lipinski definition) is 2. The number of hydrogen-bond donors (Lipinski definition) is 1. The van der Waals surface area contributed by atoms with Gasteiger partial charge in [0.25, 0.3) is 11.8 Å². The van der Waals surface area contributed by atoms with E-state index in [1.165, 1.54) is 6.08 Å². The zero-order chi connectivity index (χ0) is 10.8. The Labute approximate surface area is 86.8 Å². The number of carbonyl (C=O) groups is 2. The van der Waals surface area contributed by atoms with E-state index in [4.69, 9.17) is 6.42 Å². The number of terminal acetylenes is 1. The van der Waals surface area contributed by atoms with Gasteiger partial charge in [0.1, 0.15) is 0 Å². The highest BCUT2D eigenvalue weighted by molar-refractivity contribution is 6.33. The fraction of sp³-hybridized carbons (Fsp3) is 0. The van der Waals surface area contributed by atoms with Crippen LogP contribution in [0.3, 0.4) is 0 Å². The van der Waals surface area contributed by atoms with E-state index in [1.807, 2.05) is 0 Å². The van der Waals surface area contributed by atoms with Gasteiger partial charge in [-0.05, 0) is 6.07 Å². The average molecular weight is 197 g/mol. The van der Waals surface area contributed by atoms with Crippen molar-refractivity contribution in [1.82, 2.24) is 5.32 Å². The Morgan fingerprint density at radius 3 is 2.53 bits per heavy atom. The zero-order valence-corrected chi connectivity index (χ0v) is 7.78. The quantitative estimate of drug-likeness (QED) is 0.532. The van der Waals surface area contributed by atoms with Gasteiger partial charge in [0.05, 0.1) is 5.57 Å². The van der Waals surface area contributed by atoms with E-state index in [9.17, 15) is 9.59 Å². The van der Waals surface area contributed by atoms with Gasteiger partial charge in [0, 0.05) is 17.2 Å². The van der Waals surface area contributed by atoms with Crippen LogP contribution in [0.2, 0.25) is 0 Å². The first-order valence-corrected chi connectivity index (χ1v) is 4.35. The number of amides is 2. The Kier molecular flexibility index (Phi) is 2.11. The Morgan fingerprint density at radius 2 is 1.93 bits per heavy atom. The van der Waals surface area contributed by atoms with Crippen LogP contribution in [0.5, 0.6) is 0 Å². The molecule has 2 amide bonds. The largest absolute Gasteiger partial charge is 0.289 e. The minimum Gasteiger partial charge on any atom is -0.289 e. The molecule has 1 heterocycles. The van der Waals surface area contributed by atoms with Gasteiger partial charge in [0.2, 0.25) is 0 Å². The summed E-state index contributed by atoms with van der Waals surface area (Å²) in [4.78, 5) is 22.4. The molecule has 0 saturated carbocycles. The van der Waals surface area contributed by atoms with Crippen LogP contribution in [0.15, 0.2) is 30.3 Å². The van der Waals surface area contributed by atoms with Crippen molar-refractivity contribution in [1.29, 1.82) is 0 Å². The molecule has 0 aliphatic carbocycles. The second-order valence-electron chi connectivity index (χ2n) is 3.07. The summed E-state index contributed by atoms with van der Waals surface area (Å²) in [6.45, 7) is 0. The second kappa shape index (κ2) is 3.43. The summed E-state index contributed by atoms with van der Waals surface area (Å²) in [6.07, 6.45) is 6.57. The van der Waals surface area contributed by atoms with Gasteiger partial charge in [-0.2, -0.15) is 0 Å². The van der Waals surface area contributed by atoms with Crippen molar-refractivity contribution >= 4 is 17.4 Å². The van der Waals surface area contributed by atoms with Gasteiger partial charge in [0.15, 0.2) is 0 Å². The van der Waals surface area contributed by atoms with Gasteiger partial charge in [-0.25, -0.2) is 0 Å². The molecule has 0 unspecified atom stereocenters. The molecule has 0 bridgehead atoms. The predicted octanol–water partition coefficient (Wildman–Crippen LogP) is 0.708. The number of nitrogens with one attached hydrogen (secondary N) is 1. The normalized spacial score (nSPS) is 14.5. The van der Waals surface area contributed by atoms with E-state index >= 15 is 0 Å². The van der Waals surface area contributed by atoms with Crippen molar-refractivity contribution in [3.63, 3.8) is 0 Å². The maximum absolute atomic E-state index is 11.4. The molecule has 0 spiro atoms. The lowest BCUT2D eigenvalue weighted by Gasteiger charge is -2.02. The van der Waals surface area contributed by atoms with E-state index in [-0.39, 0.29) is 0 Å². The maximum Gasteiger partial charge on any atom is 0.258 e. The highest BCUT2D eigenvalue weighted by Crippen LogP contribution is 2.21. The van der Waals surface area contributed by atoms with E-state index in [0.717, 1.165) is 0 Å². The van der Waals surface area contributed by atoms with Crippen molar-refractivity contribution < 1.29 is 9.59 Å². The SMILES string of the molecule is C#Cc1ccccc1C1=CC(=O)NC1=O. The molecule has 0 radical (unpaired) electrons. The maximum atomic E-state index is 11.4. The summed E-state index contributed by atoms with van der Waals surface area (Å²) >= 11 is 0.